The van der Waals surface area contributed by atoms with Crippen LogP contribution in [0.3, 0.4) is 0 Å². The number of nitrogens with zero attached hydrogens (tertiary/aromatic N) is 1. The van der Waals surface area contributed by atoms with Crippen molar-refractivity contribution in [3.63, 3.8) is 0 Å². The first-order valence-electron chi connectivity index (χ1n) is 7.04. The summed E-state index contributed by atoms with van der Waals surface area (Å²) in [7, 11) is 0. The molecule has 2 rings (SSSR count). The molecule has 1 heterocycles. The minimum atomic E-state index is -0.0720. The maximum absolute atomic E-state index is 12.1. The van der Waals surface area contributed by atoms with E-state index in [1.165, 1.54) is 0 Å². The van der Waals surface area contributed by atoms with Crippen LogP contribution in [0.2, 0.25) is 5.15 Å². The predicted molar refractivity (Wildman–Crippen MR) is 79.6 cm³/mol. The van der Waals surface area contributed by atoms with E-state index in [0.717, 1.165) is 18.4 Å². The van der Waals surface area contributed by atoms with Crippen LogP contribution in [-0.2, 0) is 16.0 Å². The monoisotopic (exact) mass is 295 g/mol. The number of esters is 1. The van der Waals surface area contributed by atoms with Gasteiger partial charge in [0.25, 0.3) is 0 Å². The molecule has 0 aliphatic heterocycles. The molecule has 0 amide bonds. The van der Waals surface area contributed by atoms with E-state index >= 15 is 0 Å². The predicted octanol–water partition coefficient (Wildman–Crippen LogP) is 3.89. The zero-order valence-electron chi connectivity index (χ0n) is 12.6. The Morgan fingerprint density at radius 3 is 2.55 bits per heavy atom. The number of carbonyl (C=O) groups is 1. The van der Waals surface area contributed by atoms with Gasteiger partial charge in [-0.15, -0.1) is 0 Å². The second-order valence-electron chi connectivity index (χ2n) is 6.60. The molecule has 1 aliphatic carbocycles. The molecule has 3 nitrogen and oxygen atoms in total. The highest BCUT2D eigenvalue weighted by molar-refractivity contribution is 6.30. The first-order chi connectivity index (χ1) is 9.28. The molecular weight excluding hydrogens is 274 g/mol. The molecule has 0 aromatic carbocycles. The molecule has 1 fully saturated rings. The van der Waals surface area contributed by atoms with E-state index in [1.807, 2.05) is 12.1 Å². The van der Waals surface area contributed by atoms with Crippen molar-refractivity contribution in [3.05, 3.63) is 29.0 Å². The number of hydrogen-bond donors (Lipinski definition) is 0. The number of ether oxygens (including phenoxy) is 1. The molecular formula is C16H22ClNO2. The Hall–Kier alpha value is -1.09. The zero-order chi connectivity index (χ0) is 15.0. The van der Waals surface area contributed by atoms with Crippen LogP contribution in [0.5, 0.6) is 0 Å². The van der Waals surface area contributed by atoms with Gasteiger partial charge in [-0.05, 0) is 35.3 Å². The summed E-state index contributed by atoms with van der Waals surface area (Å²) >= 11 is 5.98. The van der Waals surface area contributed by atoms with Gasteiger partial charge in [0.1, 0.15) is 5.15 Å². The van der Waals surface area contributed by atoms with Gasteiger partial charge in [0.15, 0.2) is 0 Å². The Labute approximate surface area is 125 Å². The van der Waals surface area contributed by atoms with Crippen molar-refractivity contribution in [2.45, 2.75) is 40.5 Å². The van der Waals surface area contributed by atoms with Gasteiger partial charge >= 0.3 is 5.97 Å². The third-order valence-electron chi connectivity index (χ3n) is 4.93. The minimum Gasteiger partial charge on any atom is -0.465 e. The van der Waals surface area contributed by atoms with Crippen LogP contribution in [0.4, 0.5) is 0 Å². The summed E-state index contributed by atoms with van der Waals surface area (Å²) in [4.78, 5) is 16.1. The van der Waals surface area contributed by atoms with Gasteiger partial charge < -0.3 is 4.74 Å². The molecule has 1 aromatic heterocycles. The number of rotatable bonds is 5. The van der Waals surface area contributed by atoms with Gasteiger partial charge in [-0.2, -0.15) is 0 Å². The number of halogens is 1. The van der Waals surface area contributed by atoms with Crippen molar-refractivity contribution in [2.24, 2.45) is 16.7 Å². The molecule has 0 saturated heterocycles. The number of hydrogen-bond acceptors (Lipinski definition) is 3. The number of aromatic nitrogens is 1. The Bertz CT molecular complexity index is 497. The van der Waals surface area contributed by atoms with Crippen LogP contribution >= 0.6 is 11.6 Å². The lowest BCUT2D eigenvalue weighted by atomic mass is 10.0. The smallest absolute Gasteiger partial charge is 0.310 e. The van der Waals surface area contributed by atoms with Crippen molar-refractivity contribution in [1.29, 1.82) is 0 Å². The highest BCUT2D eigenvalue weighted by Gasteiger charge is 2.69. The summed E-state index contributed by atoms with van der Waals surface area (Å²) in [6, 6.07) is 3.81. The van der Waals surface area contributed by atoms with Crippen molar-refractivity contribution in [1.82, 2.24) is 4.98 Å². The number of aryl methyl sites for hydroxylation is 1. The normalized spacial score (nSPS) is 19.6. The van der Waals surface area contributed by atoms with Crippen LogP contribution in [0.1, 0.15) is 39.7 Å². The largest absolute Gasteiger partial charge is 0.465 e. The fourth-order valence-corrected chi connectivity index (χ4v) is 3.12. The van der Waals surface area contributed by atoms with E-state index in [1.54, 1.807) is 6.20 Å². The van der Waals surface area contributed by atoms with Crippen LogP contribution < -0.4 is 0 Å². The molecule has 1 saturated carbocycles. The van der Waals surface area contributed by atoms with Gasteiger partial charge in [0.05, 0.1) is 12.5 Å². The van der Waals surface area contributed by atoms with Crippen LogP contribution in [0.25, 0.3) is 0 Å². The molecule has 110 valence electrons. The number of pyridine rings is 1. The summed E-state index contributed by atoms with van der Waals surface area (Å²) < 4.78 is 5.40. The van der Waals surface area contributed by atoms with E-state index in [2.05, 4.69) is 32.7 Å². The third-order valence-corrected chi connectivity index (χ3v) is 5.27. The van der Waals surface area contributed by atoms with Crippen LogP contribution in [0.15, 0.2) is 18.3 Å². The first kappa shape index (κ1) is 15.3. The molecule has 20 heavy (non-hydrogen) atoms. The Morgan fingerprint density at radius 2 is 2.00 bits per heavy atom. The molecule has 0 spiro atoms. The second kappa shape index (κ2) is 5.36. The molecule has 1 aliphatic rings. The average Bonchev–Trinajstić information content (AvgIpc) is 2.77. The zero-order valence-corrected chi connectivity index (χ0v) is 13.3. The summed E-state index contributed by atoms with van der Waals surface area (Å²) in [5, 5.41) is 0.531. The van der Waals surface area contributed by atoms with E-state index < -0.39 is 0 Å². The Balaban J connectivity index is 1.75. The fourth-order valence-electron chi connectivity index (χ4n) is 2.91. The molecule has 1 aromatic rings. The molecule has 0 atom stereocenters. The SMILES string of the molecule is CC1(C)C(C(=O)OCCCc2cccnc2Cl)C1(C)C. The summed E-state index contributed by atoms with van der Waals surface area (Å²) in [5.41, 5.74) is 1.07. The van der Waals surface area contributed by atoms with Gasteiger partial charge in [-0.25, -0.2) is 4.98 Å². The molecule has 0 N–H and O–H groups in total. The Morgan fingerprint density at radius 1 is 1.35 bits per heavy atom. The van der Waals surface area contributed by atoms with Crippen LogP contribution in [0, 0.1) is 16.7 Å². The molecule has 4 heteroatoms. The maximum Gasteiger partial charge on any atom is 0.310 e. The first-order valence-corrected chi connectivity index (χ1v) is 7.42. The van der Waals surface area contributed by atoms with Gasteiger partial charge in [-0.1, -0.05) is 45.4 Å². The van der Waals surface area contributed by atoms with Gasteiger partial charge in [-0.3, -0.25) is 4.79 Å². The third kappa shape index (κ3) is 2.69. The number of carbonyl (C=O) groups excluding carboxylic acids is 1. The van der Waals surface area contributed by atoms with Crippen molar-refractivity contribution < 1.29 is 9.53 Å². The standard InChI is InChI=1S/C16H22ClNO2/c1-15(2)12(16(15,3)4)14(19)20-10-6-8-11-7-5-9-18-13(11)17/h5,7,9,12H,6,8,10H2,1-4H3. The lowest BCUT2D eigenvalue weighted by Gasteiger charge is -2.06. The van der Waals surface area contributed by atoms with Crippen molar-refractivity contribution in [2.75, 3.05) is 6.61 Å². The van der Waals surface area contributed by atoms with E-state index in [-0.39, 0.29) is 22.7 Å². The van der Waals surface area contributed by atoms with Crippen molar-refractivity contribution >= 4 is 17.6 Å². The summed E-state index contributed by atoms with van der Waals surface area (Å²) in [5.74, 6) is -0.0609. The fraction of sp³-hybridized carbons (Fsp3) is 0.625. The van der Waals surface area contributed by atoms with E-state index in [4.69, 9.17) is 16.3 Å². The lowest BCUT2D eigenvalue weighted by Crippen LogP contribution is -2.12. The second-order valence-corrected chi connectivity index (χ2v) is 6.96. The van der Waals surface area contributed by atoms with Crippen LogP contribution in [-0.4, -0.2) is 17.6 Å². The highest BCUT2D eigenvalue weighted by Crippen LogP contribution is 2.68. The van der Waals surface area contributed by atoms with E-state index in [9.17, 15) is 4.79 Å². The average molecular weight is 296 g/mol. The summed E-state index contributed by atoms with van der Waals surface area (Å²) in [6.07, 6.45) is 3.21. The van der Waals surface area contributed by atoms with Crippen molar-refractivity contribution in [3.8, 4) is 0 Å². The minimum absolute atomic E-state index is 0.0111. The van der Waals surface area contributed by atoms with Gasteiger partial charge in [0, 0.05) is 6.20 Å². The lowest BCUT2D eigenvalue weighted by molar-refractivity contribution is -0.146. The topological polar surface area (TPSA) is 39.2 Å². The summed E-state index contributed by atoms with van der Waals surface area (Å²) in [6.45, 7) is 8.91. The van der Waals surface area contributed by atoms with Gasteiger partial charge in [0.2, 0.25) is 0 Å². The molecule has 0 bridgehead atoms. The maximum atomic E-state index is 12.1. The molecule has 0 unspecified atom stereocenters. The highest BCUT2D eigenvalue weighted by atomic mass is 35.5. The Kier molecular flexibility index (Phi) is 4.10. The molecule has 0 radical (unpaired) electrons. The van der Waals surface area contributed by atoms with E-state index in [0.29, 0.717) is 11.8 Å². The quantitative estimate of drug-likeness (QED) is 0.470.